The fourth-order valence-electron chi connectivity index (χ4n) is 13.2. The molecule has 0 atom stereocenters. The van der Waals surface area contributed by atoms with Gasteiger partial charge in [-0.2, -0.15) is 0 Å². The Morgan fingerprint density at radius 1 is 0.139 bits per heavy atom. The molecule has 0 unspecified atom stereocenters. The summed E-state index contributed by atoms with van der Waals surface area (Å²) in [5, 5.41) is 0. The standard InChI is InChI=1S/C79H152/c1-2-3-4-5-6-7-8-9-10-11-12-13-14-15-16-17-18-19-20-21-22-23-24-25-26-27-28-29-30-31-32-33-34-35-36-37-38-39-40-41-42-43-44-45-46-47-48-49-50-51-52-53-54-55-56-57-58-59-60-61-62-63-64-65-66-67-68-69-70-71-73-76-79-77-74-72-75-78-79/h72,74-75,77-78H,2-71,73,76H2,1H3. The first-order chi connectivity index (χ1) is 39.4. The fraction of sp³-hybridized carbons (Fsp3) is 0.924. The maximum atomic E-state index is 2.32. The lowest BCUT2D eigenvalue weighted by Gasteiger charge is -2.05. The third-order valence-electron chi connectivity index (χ3n) is 18.9. The highest BCUT2D eigenvalue weighted by atomic mass is 14.1. The Morgan fingerprint density at radius 3 is 0.380 bits per heavy atom. The normalized spacial score (nSPS) is 11.7. The summed E-state index contributed by atoms with van der Waals surface area (Å²) in [4.78, 5) is 0. The van der Waals surface area contributed by atoms with Gasteiger partial charge in [-0.3, -0.25) is 0 Å². The molecule has 0 bridgehead atoms. The van der Waals surface area contributed by atoms with Gasteiger partial charge in [0.25, 0.3) is 0 Å². The zero-order chi connectivity index (χ0) is 56.0. The molecule has 1 aromatic carbocycles. The summed E-state index contributed by atoms with van der Waals surface area (Å²) >= 11 is 0. The molecule has 79 heavy (non-hydrogen) atoms. The van der Waals surface area contributed by atoms with Crippen LogP contribution in [0.4, 0.5) is 0 Å². The first kappa shape index (κ1) is 76.2. The van der Waals surface area contributed by atoms with Crippen molar-refractivity contribution in [2.75, 3.05) is 0 Å². The summed E-state index contributed by atoms with van der Waals surface area (Å²) < 4.78 is 0. The van der Waals surface area contributed by atoms with E-state index in [-0.39, 0.29) is 0 Å². The molecule has 1 aromatic rings. The number of unbranched alkanes of at least 4 members (excludes halogenated alkanes) is 70. The first-order valence-corrected chi connectivity index (χ1v) is 38.5. The average molecular weight is 1100 g/mol. The van der Waals surface area contributed by atoms with Gasteiger partial charge in [0.2, 0.25) is 0 Å². The van der Waals surface area contributed by atoms with E-state index >= 15 is 0 Å². The SMILES string of the molecule is CCCCCCCCCCCCCCCCCCCCCCCCCCCCCCCCCCCCCCCCCCCCCCCCCCCCCCCCCCCCCCCCCCCCCCCCCc1ccccc1. The van der Waals surface area contributed by atoms with E-state index in [9.17, 15) is 0 Å². The van der Waals surface area contributed by atoms with Gasteiger partial charge in [0.1, 0.15) is 0 Å². The van der Waals surface area contributed by atoms with Crippen LogP contribution >= 0.6 is 0 Å². The van der Waals surface area contributed by atoms with Gasteiger partial charge in [0.15, 0.2) is 0 Å². The van der Waals surface area contributed by atoms with Gasteiger partial charge in [-0.25, -0.2) is 0 Å². The largest absolute Gasteiger partial charge is 0.0654 e. The molecule has 0 spiro atoms. The number of rotatable bonds is 72. The minimum Gasteiger partial charge on any atom is -0.0654 e. The second kappa shape index (κ2) is 71.5. The molecule has 0 saturated heterocycles. The number of hydrogen-bond acceptors (Lipinski definition) is 0. The van der Waals surface area contributed by atoms with Crippen LogP contribution in [-0.2, 0) is 6.42 Å². The van der Waals surface area contributed by atoms with Gasteiger partial charge < -0.3 is 0 Å². The van der Waals surface area contributed by atoms with Crippen LogP contribution in [0.3, 0.4) is 0 Å². The molecule has 0 saturated carbocycles. The smallest absolute Gasteiger partial charge is 0.0279 e. The Hall–Kier alpha value is -0.780. The lowest BCUT2D eigenvalue weighted by Crippen LogP contribution is -1.86. The Bertz CT molecular complexity index is 1150. The number of aryl methyl sites for hydroxylation is 1. The fourth-order valence-corrected chi connectivity index (χ4v) is 13.2. The maximum absolute atomic E-state index is 2.32. The second-order valence-electron chi connectivity index (χ2n) is 27.0. The highest BCUT2D eigenvalue weighted by Gasteiger charge is 2.02. The van der Waals surface area contributed by atoms with Crippen LogP contribution < -0.4 is 0 Å². The van der Waals surface area contributed by atoms with E-state index in [0.29, 0.717) is 0 Å². The monoisotopic (exact) mass is 1100 g/mol. The summed E-state index contributed by atoms with van der Waals surface area (Å²) in [6, 6.07) is 11.0. The van der Waals surface area contributed by atoms with Gasteiger partial charge in [-0.15, -0.1) is 0 Å². The molecule has 0 fully saturated rings. The third kappa shape index (κ3) is 67.9. The molecular formula is C79H152. The van der Waals surface area contributed by atoms with Crippen LogP contribution in [-0.4, -0.2) is 0 Å². The molecule has 0 aliphatic rings. The summed E-state index contributed by atoms with van der Waals surface area (Å²) in [7, 11) is 0. The van der Waals surface area contributed by atoms with Crippen LogP contribution in [0.1, 0.15) is 468 Å². The molecule has 1 rings (SSSR count). The molecule has 0 N–H and O–H groups in total. The zero-order valence-corrected chi connectivity index (χ0v) is 55.3. The van der Waals surface area contributed by atoms with Crippen LogP contribution in [0, 0.1) is 0 Å². The van der Waals surface area contributed by atoms with Crippen molar-refractivity contribution in [1.82, 2.24) is 0 Å². The van der Waals surface area contributed by atoms with Crippen LogP contribution in [0.15, 0.2) is 30.3 Å². The molecule has 0 heterocycles. The predicted octanol–water partition coefficient (Wildman–Crippen LogP) is 29.9. The topological polar surface area (TPSA) is 0 Å². The van der Waals surface area contributed by atoms with Gasteiger partial charge in [0.05, 0.1) is 0 Å². The van der Waals surface area contributed by atoms with E-state index in [1.807, 2.05) is 0 Å². The minimum absolute atomic E-state index is 1.26. The van der Waals surface area contributed by atoms with E-state index < -0.39 is 0 Å². The summed E-state index contributed by atoms with van der Waals surface area (Å²) in [5.41, 5.74) is 1.51. The van der Waals surface area contributed by atoms with E-state index in [0.717, 1.165) is 0 Å². The third-order valence-corrected chi connectivity index (χ3v) is 18.9. The maximum Gasteiger partial charge on any atom is -0.0279 e. The predicted molar refractivity (Wildman–Crippen MR) is 364 cm³/mol. The Balaban J connectivity index is 1.58. The lowest BCUT2D eigenvalue weighted by atomic mass is 10.0. The van der Waals surface area contributed by atoms with Crippen molar-refractivity contribution < 1.29 is 0 Å². The van der Waals surface area contributed by atoms with Crippen LogP contribution in [0.2, 0.25) is 0 Å². The van der Waals surface area contributed by atoms with Crippen molar-refractivity contribution in [3.05, 3.63) is 35.9 Å². The summed E-state index contributed by atoms with van der Waals surface area (Å²) in [5.74, 6) is 0. The van der Waals surface area contributed by atoms with E-state index in [1.165, 1.54) is 468 Å². The molecule has 0 radical (unpaired) electrons. The van der Waals surface area contributed by atoms with E-state index in [2.05, 4.69) is 37.3 Å². The van der Waals surface area contributed by atoms with Crippen LogP contribution in [0.25, 0.3) is 0 Å². The van der Waals surface area contributed by atoms with Crippen LogP contribution in [0.5, 0.6) is 0 Å². The minimum atomic E-state index is 1.26. The highest BCUT2D eigenvalue weighted by Crippen LogP contribution is 2.21. The van der Waals surface area contributed by atoms with Crippen molar-refractivity contribution in [3.8, 4) is 0 Å². The average Bonchev–Trinajstić information content (AvgIpc) is 3.46. The Labute approximate surface area is 502 Å². The molecule has 0 aliphatic carbocycles. The Morgan fingerprint density at radius 2 is 0.253 bits per heavy atom. The number of hydrogen-bond donors (Lipinski definition) is 0. The van der Waals surface area contributed by atoms with E-state index in [1.54, 1.807) is 0 Å². The molecular weight excluding hydrogens is 949 g/mol. The molecule has 0 aliphatic heterocycles. The molecule has 0 amide bonds. The lowest BCUT2D eigenvalue weighted by molar-refractivity contribution is 0.506. The summed E-state index contributed by atoms with van der Waals surface area (Å²) in [6.45, 7) is 2.32. The van der Waals surface area contributed by atoms with E-state index in [4.69, 9.17) is 0 Å². The van der Waals surface area contributed by atoms with Gasteiger partial charge in [0, 0.05) is 0 Å². The second-order valence-corrected chi connectivity index (χ2v) is 27.0. The van der Waals surface area contributed by atoms with Crippen molar-refractivity contribution in [3.63, 3.8) is 0 Å². The number of benzene rings is 1. The van der Waals surface area contributed by atoms with Crippen molar-refractivity contribution in [2.24, 2.45) is 0 Å². The summed E-state index contributed by atoms with van der Waals surface area (Å²) in [6.07, 6.45) is 107. The molecule has 0 aromatic heterocycles. The quantitative estimate of drug-likeness (QED) is 0.0570. The van der Waals surface area contributed by atoms with Gasteiger partial charge >= 0.3 is 0 Å². The zero-order valence-electron chi connectivity index (χ0n) is 55.3. The highest BCUT2D eigenvalue weighted by molar-refractivity contribution is 5.14. The van der Waals surface area contributed by atoms with Gasteiger partial charge in [-0.05, 0) is 18.4 Å². The van der Waals surface area contributed by atoms with Crippen molar-refractivity contribution in [1.29, 1.82) is 0 Å². The van der Waals surface area contributed by atoms with Crippen molar-refractivity contribution in [2.45, 2.75) is 469 Å². The Kier molecular flexibility index (Phi) is 69.0. The van der Waals surface area contributed by atoms with Gasteiger partial charge in [-0.1, -0.05) is 487 Å². The molecule has 0 heteroatoms. The molecule has 0 nitrogen and oxygen atoms in total. The molecule has 468 valence electrons. The van der Waals surface area contributed by atoms with Crippen molar-refractivity contribution >= 4 is 0 Å². The first-order valence-electron chi connectivity index (χ1n) is 38.5.